The van der Waals surface area contributed by atoms with E-state index < -0.39 is 5.97 Å². The molecular weight excluding hydrogens is 246 g/mol. The number of carbonyl (C=O) groups is 2. The van der Waals surface area contributed by atoms with Gasteiger partial charge in [0, 0.05) is 6.54 Å². The van der Waals surface area contributed by atoms with E-state index in [9.17, 15) is 9.59 Å². The second-order valence-corrected chi connectivity index (χ2v) is 5.26. The van der Waals surface area contributed by atoms with Crippen molar-refractivity contribution in [1.29, 1.82) is 0 Å². The van der Waals surface area contributed by atoms with Gasteiger partial charge in [-0.25, -0.2) is 0 Å². The Balaban J connectivity index is 3.20. The highest BCUT2D eigenvalue weighted by Gasteiger charge is 2.02. The number of carbonyl (C=O) groups excluding carboxylic acids is 1. The third-order valence-electron chi connectivity index (χ3n) is 1.81. The minimum atomic E-state index is -0.880. The third-order valence-corrected chi connectivity index (χ3v) is 3.42. The number of hydrogen-bond donors (Lipinski definition) is 2. The van der Waals surface area contributed by atoms with E-state index in [1.54, 1.807) is 0 Å². The number of thioether (sulfide) groups is 2. The molecule has 0 saturated heterocycles. The molecule has 2 N–H and O–H groups in total. The molecule has 0 fully saturated rings. The van der Waals surface area contributed by atoms with E-state index in [4.69, 9.17) is 5.11 Å². The van der Waals surface area contributed by atoms with Gasteiger partial charge in [0.1, 0.15) is 0 Å². The number of nitrogens with one attached hydrogen (secondary N) is 1. The van der Waals surface area contributed by atoms with Crippen molar-refractivity contribution >= 4 is 35.4 Å². The van der Waals surface area contributed by atoms with Crippen LogP contribution in [-0.4, -0.2) is 47.0 Å². The van der Waals surface area contributed by atoms with Crippen LogP contribution in [0.25, 0.3) is 0 Å². The molecule has 0 aliphatic carbocycles. The average molecular weight is 265 g/mol. The van der Waals surface area contributed by atoms with Gasteiger partial charge in [-0.15, -0.1) is 11.8 Å². The van der Waals surface area contributed by atoms with Crippen molar-refractivity contribution < 1.29 is 14.7 Å². The quantitative estimate of drug-likeness (QED) is 0.585. The minimum absolute atomic E-state index is 0.0128. The molecule has 0 aromatic carbocycles. The zero-order valence-electron chi connectivity index (χ0n) is 9.53. The fourth-order valence-corrected chi connectivity index (χ4v) is 2.11. The Morgan fingerprint density at radius 3 is 2.56 bits per heavy atom. The standard InChI is InChI=1S/C10H19NO3S2/c1-15-6-4-2-3-5-11-9(12)7-16-8-10(13)14/h2-8H2,1H3,(H,11,12)(H,13,14). The van der Waals surface area contributed by atoms with Crippen LogP contribution in [0.5, 0.6) is 0 Å². The normalized spacial score (nSPS) is 10.1. The molecule has 0 aromatic heterocycles. The Labute approximate surface area is 105 Å². The smallest absolute Gasteiger partial charge is 0.313 e. The summed E-state index contributed by atoms with van der Waals surface area (Å²) in [7, 11) is 0. The van der Waals surface area contributed by atoms with E-state index in [-0.39, 0.29) is 17.4 Å². The van der Waals surface area contributed by atoms with Crippen LogP contribution in [0.2, 0.25) is 0 Å². The first-order valence-electron chi connectivity index (χ1n) is 5.22. The van der Waals surface area contributed by atoms with E-state index in [1.165, 1.54) is 12.2 Å². The first kappa shape index (κ1) is 15.6. The maximum absolute atomic E-state index is 11.2. The molecule has 0 aromatic rings. The van der Waals surface area contributed by atoms with Crippen molar-refractivity contribution in [1.82, 2.24) is 5.32 Å². The summed E-state index contributed by atoms with van der Waals surface area (Å²) in [4.78, 5) is 21.4. The Hall–Kier alpha value is -0.360. The van der Waals surface area contributed by atoms with Crippen LogP contribution in [0, 0.1) is 0 Å². The lowest BCUT2D eigenvalue weighted by Gasteiger charge is -2.04. The molecule has 94 valence electrons. The van der Waals surface area contributed by atoms with Crippen LogP contribution in [0.4, 0.5) is 0 Å². The molecule has 0 spiro atoms. The Bertz CT molecular complexity index is 212. The van der Waals surface area contributed by atoms with Crippen molar-refractivity contribution in [3.05, 3.63) is 0 Å². The summed E-state index contributed by atoms with van der Waals surface area (Å²) in [6.07, 6.45) is 5.39. The lowest BCUT2D eigenvalue weighted by molar-refractivity contribution is -0.133. The van der Waals surface area contributed by atoms with E-state index in [0.29, 0.717) is 6.54 Å². The summed E-state index contributed by atoms with van der Waals surface area (Å²) in [5, 5.41) is 11.1. The van der Waals surface area contributed by atoms with Crippen LogP contribution < -0.4 is 5.32 Å². The summed E-state index contributed by atoms with van der Waals surface area (Å²) in [5.41, 5.74) is 0. The van der Waals surface area contributed by atoms with Crippen molar-refractivity contribution in [3.8, 4) is 0 Å². The van der Waals surface area contributed by atoms with Crippen molar-refractivity contribution in [2.24, 2.45) is 0 Å². The van der Waals surface area contributed by atoms with Crippen LogP contribution in [-0.2, 0) is 9.59 Å². The average Bonchev–Trinajstić information content (AvgIpc) is 2.22. The SMILES string of the molecule is CSCCCCCNC(=O)CSCC(=O)O. The lowest BCUT2D eigenvalue weighted by Crippen LogP contribution is -2.26. The highest BCUT2D eigenvalue weighted by Crippen LogP contribution is 2.02. The van der Waals surface area contributed by atoms with Gasteiger partial charge in [-0.3, -0.25) is 9.59 Å². The molecule has 4 nitrogen and oxygen atoms in total. The predicted octanol–water partition coefficient (Wildman–Crippen LogP) is 1.45. The highest BCUT2D eigenvalue weighted by molar-refractivity contribution is 8.00. The first-order chi connectivity index (χ1) is 7.66. The summed E-state index contributed by atoms with van der Waals surface area (Å²) in [6.45, 7) is 0.695. The maximum atomic E-state index is 11.2. The Morgan fingerprint density at radius 2 is 1.94 bits per heavy atom. The largest absolute Gasteiger partial charge is 0.481 e. The van der Waals surface area contributed by atoms with Crippen LogP contribution >= 0.6 is 23.5 Å². The summed E-state index contributed by atoms with van der Waals surface area (Å²) >= 11 is 2.96. The molecular formula is C10H19NO3S2. The summed E-state index contributed by atoms with van der Waals surface area (Å²) in [5.74, 6) is 0.437. The van der Waals surface area contributed by atoms with Crippen molar-refractivity contribution in [3.63, 3.8) is 0 Å². The summed E-state index contributed by atoms with van der Waals surface area (Å²) < 4.78 is 0. The van der Waals surface area contributed by atoms with Gasteiger partial charge in [-0.1, -0.05) is 6.42 Å². The molecule has 0 rings (SSSR count). The number of rotatable bonds is 10. The molecule has 0 aliphatic rings. The fraction of sp³-hybridized carbons (Fsp3) is 0.800. The van der Waals surface area contributed by atoms with E-state index in [1.807, 2.05) is 11.8 Å². The molecule has 0 aliphatic heterocycles. The monoisotopic (exact) mass is 265 g/mol. The zero-order chi connectivity index (χ0) is 12.2. The molecule has 0 unspecified atom stereocenters. The molecule has 6 heteroatoms. The van der Waals surface area contributed by atoms with Crippen molar-refractivity contribution in [2.45, 2.75) is 19.3 Å². The van der Waals surface area contributed by atoms with Crippen LogP contribution in [0.3, 0.4) is 0 Å². The molecule has 0 atom stereocenters. The third kappa shape index (κ3) is 11.7. The van der Waals surface area contributed by atoms with E-state index in [0.717, 1.165) is 24.6 Å². The van der Waals surface area contributed by atoms with Gasteiger partial charge in [0.25, 0.3) is 0 Å². The van der Waals surface area contributed by atoms with Gasteiger partial charge < -0.3 is 10.4 Å². The molecule has 0 bridgehead atoms. The fourth-order valence-electron chi connectivity index (χ4n) is 1.06. The van der Waals surface area contributed by atoms with Crippen LogP contribution in [0.1, 0.15) is 19.3 Å². The first-order valence-corrected chi connectivity index (χ1v) is 7.77. The second-order valence-electron chi connectivity index (χ2n) is 3.29. The number of aliphatic carboxylic acids is 1. The minimum Gasteiger partial charge on any atom is -0.481 e. The highest BCUT2D eigenvalue weighted by atomic mass is 32.2. The van der Waals surface area contributed by atoms with Crippen LogP contribution in [0.15, 0.2) is 0 Å². The van der Waals surface area contributed by atoms with Gasteiger partial charge >= 0.3 is 5.97 Å². The number of hydrogen-bond acceptors (Lipinski definition) is 4. The Morgan fingerprint density at radius 1 is 1.19 bits per heavy atom. The van der Waals surface area contributed by atoms with Gasteiger partial charge in [0.2, 0.25) is 5.91 Å². The number of unbranched alkanes of at least 4 members (excludes halogenated alkanes) is 2. The number of carboxylic acids is 1. The molecule has 0 heterocycles. The number of amides is 1. The zero-order valence-corrected chi connectivity index (χ0v) is 11.2. The van der Waals surface area contributed by atoms with Crippen molar-refractivity contribution in [2.75, 3.05) is 30.1 Å². The predicted molar refractivity (Wildman–Crippen MR) is 70.2 cm³/mol. The molecule has 0 radical (unpaired) electrons. The van der Waals surface area contributed by atoms with Gasteiger partial charge in [-0.2, -0.15) is 11.8 Å². The topological polar surface area (TPSA) is 66.4 Å². The summed E-state index contributed by atoms with van der Waals surface area (Å²) in [6, 6.07) is 0. The van der Waals surface area contributed by atoms with E-state index >= 15 is 0 Å². The second kappa shape index (κ2) is 11.1. The Kier molecular flexibility index (Phi) is 10.9. The van der Waals surface area contributed by atoms with Gasteiger partial charge in [0.15, 0.2) is 0 Å². The molecule has 16 heavy (non-hydrogen) atoms. The van der Waals surface area contributed by atoms with Gasteiger partial charge in [-0.05, 0) is 24.9 Å². The van der Waals surface area contributed by atoms with E-state index in [2.05, 4.69) is 11.6 Å². The number of carboxylic acid groups (broad SMARTS) is 1. The molecule has 1 amide bonds. The maximum Gasteiger partial charge on any atom is 0.313 e. The lowest BCUT2D eigenvalue weighted by atomic mass is 10.2. The molecule has 0 saturated carbocycles. The van der Waals surface area contributed by atoms with Gasteiger partial charge in [0.05, 0.1) is 11.5 Å².